The first-order valence-corrected chi connectivity index (χ1v) is 7.94. The molecule has 0 saturated heterocycles. The first-order valence-electron chi connectivity index (χ1n) is 7.94. The number of ether oxygens (including phenoxy) is 1. The molecule has 1 aromatic rings. The van der Waals surface area contributed by atoms with Crippen molar-refractivity contribution >= 4 is 0 Å². The summed E-state index contributed by atoms with van der Waals surface area (Å²) in [6.45, 7) is 8.10. The third kappa shape index (κ3) is 3.97. The maximum absolute atomic E-state index is 6.42. The van der Waals surface area contributed by atoms with Crippen LogP contribution in [0.5, 0.6) is 5.75 Å². The minimum atomic E-state index is 0.0257. The normalized spacial score (nSPS) is 17.0. The predicted molar refractivity (Wildman–Crippen MR) is 84.0 cm³/mol. The fourth-order valence-electron chi connectivity index (χ4n) is 2.82. The van der Waals surface area contributed by atoms with E-state index in [9.17, 15) is 0 Å². The van der Waals surface area contributed by atoms with Gasteiger partial charge in [0.1, 0.15) is 5.75 Å². The van der Waals surface area contributed by atoms with Gasteiger partial charge in [0.2, 0.25) is 0 Å². The summed E-state index contributed by atoms with van der Waals surface area (Å²) in [6, 6.07) is 8.18. The quantitative estimate of drug-likeness (QED) is 0.792. The van der Waals surface area contributed by atoms with E-state index in [2.05, 4.69) is 17.9 Å². The molecule has 1 atom stereocenters. The SMILES string of the molecule is CCOc1ccccc1C(N)CN(CC)CC1CCC1. The Morgan fingerprint density at radius 3 is 2.65 bits per heavy atom. The highest BCUT2D eigenvalue weighted by Gasteiger charge is 2.22. The van der Waals surface area contributed by atoms with E-state index in [0.717, 1.165) is 30.3 Å². The van der Waals surface area contributed by atoms with Crippen LogP contribution < -0.4 is 10.5 Å². The summed E-state index contributed by atoms with van der Waals surface area (Å²) in [5.74, 6) is 1.83. The molecule has 2 rings (SSSR count). The van der Waals surface area contributed by atoms with Crippen molar-refractivity contribution in [1.29, 1.82) is 0 Å². The van der Waals surface area contributed by atoms with Gasteiger partial charge in [-0.3, -0.25) is 0 Å². The van der Waals surface area contributed by atoms with Gasteiger partial charge < -0.3 is 15.4 Å². The second-order valence-corrected chi connectivity index (χ2v) is 5.73. The van der Waals surface area contributed by atoms with Crippen LogP contribution in [0.15, 0.2) is 24.3 Å². The summed E-state index contributed by atoms with van der Waals surface area (Å²) < 4.78 is 5.69. The zero-order chi connectivity index (χ0) is 14.4. The number of para-hydroxylation sites is 1. The number of nitrogens with two attached hydrogens (primary N) is 1. The fourth-order valence-corrected chi connectivity index (χ4v) is 2.82. The molecule has 1 saturated carbocycles. The Morgan fingerprint density at radius 1 is 1.30 bits per heavy atom. The van der Waals surface area contributed by atoms with Gasteiger partial charge in [0, 0.05) is 24.7 Å². The highest BCUT2D eigenvalue weighted by molar-refractivity contribution is 5.35. The Hall–Kier alpha value is -1.06. The Bertz CT molecular complexity index is 404. The zero-order valence-corrected chi connectivity index (χ0v) is 12.8. The smallest absolute Gasteiger partial charge is 0.124 e. The van der Waals surface area contributed by atoms with E-state index in [1.165, 1.54) is 25.8 Å². The number of hydrogen-bond donors (Lipinski definition) is 1. The Kier molecular flexibility index (Phi) is 5.86. The molecular weight excluding hydrogens is 248 g/mol. The predicted octanol–water partition coefficient (Wildman–Crippen LogP) is 3.21. The lowest BCUT2D eigenvalue weighted by molar-refractivity contribution is 0.176. The van der Waals surface area contributed by atoms with Crippen molar-refractivity contribution in [1.82, 2.24) is 4.90 Å². The monoisotopic (exact) mass is 276 g/mol. The van der Waals surface area contributed by atoms with Crippen molar-refractivity contribution in [3.8, 4) is 5.75 Å². The molecule has 0 bridgehead atoms. The summed E-state index contributed by atoms with van der Waals surface area (Å²) in [7, 11) is 0. The van der Waals surface area contributed by atoms with Gasteiger partial charge in [0.05, 0.1) is 6.61 Å². The van der Waals surface area contributed by atoms with Crippen molar-refractivity contribution in [3.63, 3.8) is 0 Å². The lowest BCUT2D eigenvalue weighted by Gasteiger charge is -2.33. The number of nitrogens with zero attached hydrogens (tertiary/aromatic N) is 1. The van der Waals surface area contributed by atoms with Crippen LogP contribution in [0.4, 0.5) is 0 Å². The average molecular weight is 276 g/mol. The molecule has 2 N–H and O–H groups in total. The highest BCUT2D eigenvalue weighted by atomic mass is 16.5. The van der Waals surface area contributed by atoms with Gasteiger partial charge in [0.15, 0.2) is 0 Å². The molecule has 1 aliphatic carbocycles. The topological polar surface area (TPSA) is 38.5 Å². The van der Waals surface area contributed by atoms with Crippen molar-refractivity contribution in [3.05, 3.63) is 29.8 Å². The van der Waals surface area contributed by atoms with E-state index in [1.807, 2.05) is 25.1 Å². The molecule has 0 aliphatic heterocycles. The van der Waals surface area contributed by atoms with Crippen molar-refractivity contribution in [2.75, 3.05) is 26.2 Å². The molecule has 3 nitrogen and oxygen atoms in total. The standard InChI is InChI=1S/C17H28N2O/c1-3-19(12-14-8-7-9-14)13-16(18)15-10-5-6-11-17(15)20-4-2/h5-6,10-11,14,16H,3-4,7-9,12-13,18H2,1-2H3. The van der Waals surface area contributed by atoms with E-state index in [1.54, 1.807) is 0 Å². The van der Waals surface area contributed by atoms with Crippen LogP contribution in [0.2, 0.25) is 0 Å². The summed E-state index contributed by atoms with van der Waals surface area (Å²) in [5.41, 5.74) is 7.54. The second kappa shape index (κ2) is 7.65. The Balaban J connectivity index is 1.96. The lowest BCUT2D eigenvalue weighted by Crippen LogP contribution is -2.37. The first-order chi connectivity index (χ1) is 9.74. The third-order valence-corrected chi connectivity index (χ3v) is 4.26. The van der Waals surface area contributed by atoms with Gasteiger partial charge in [-0.2, -0.15) is 0 Å². The summed E-state index contributed by atoms with van der Waals surface area (Å²) in [6.07, 6.45) is 4.18. The molecule has 0 spiro atoms. The van der Waals surface area contributed by atoms with Crippen LogP contribution in [0.25, 0.3) is 0 Å². The van der Waals surface area contributed by atoms with Crippen LogP contribution in [0.1, 0.15) is 44.7 Å². The molecular formula is C17H28N2O. The molecule has 0 heterocycles. The fraction of sp³-hybridized carbons (Fsp3) is 0.647. The number of likely N-dealkylation sites (N-methyl/N-ethyl adjacent to an activating group) is 1. The molecule has 0 amide bonds. The van der Waals surface area contributed by atoms with Crippen molar-refractivity contribution < 1.29 is 4.74 Å². The molecule has 0 radical (unpaired) electrons. The first kappa shape index (κ1) is 15.3. The minimum Gasteiger partial charge on any atom is -0.494 e. The largest absolute Gasteiger partial charge is 0.494 e. The second-order valence-electron chi connectivity index (χ2n) is 5.73. The van der Waals surface area contributed by atoms with Crippen molar-refractivity contribution in [2.24, 2.45) is 11.7 Å². The molecule has 112 valence electrons. The van der Waals surface area contributed by atoms with Gasteiger partial charge in [-0.05, 0) is 38.3 Å². The highest BCUT2D eigenvalue weighted by Crippen LogP contribution is 2.28. The Labute approximate surface area is 123 Å². The molecule has 20 heavy (non-hydrogen) atoms. The van der Waals surface area contributed by atoms with Crippen LogP contribution in [0.3, 0.4) is 0 Å². The van der Waals surface area contributed by atoms with E-state index < -0.39 is 0 Å². The maximum atomic E-state index is 6.42. The van der Waals surface area contributed by atoms with Gasteiger partial charge in [-0.25, -0.2) is 0 Å². The molecule has 1 aromatic carbocycles. The summed E-state index contributed by atoms with van der Waals surface area (Å²) in [5, 5.41) is 0. The minimum absolute atomic E-state index is 0.0257. The summed E-state index contributed by atoms with van der Waals surface area (Å²) >= 11 is 0. The average Bonchev–Trinajstić information content (AvgIpc) is 2.42. The van der Waals surface area contributed by atoms with E-state index >= 15 is 0 Å². The molecule has 0 aromatic heterocycles. The molecule has 1 fully saturated rings. The molecule has 3 heteroatoms. The third-order valence-electron chi connectivity index (χ3n) is 4.26. The van der Waals surface area contributed by atoms with Crippen LogP contribution in [-0.4, -0.2) is 31.1 Å². The van der Waals surface area contributed by atoms with Gasteiger partial charge >= 0.3 is 0 Å². The van der Waals surface area contributed by atoms with Crippen LogP contribution >= 0.6 is 0 Å². The Morgan fingerprint density at radius 2 is 2.05 bits per heavy atom. The van der Waals surface area contributed by atoms with E-state index in [4.69, 9.17) is 10.5 Å². The zero-order valence-electron chi connectivity index (χ0n) is 12.8. The molecule has 1 unspecified atom stereocenters. The lowest BCUT2D eigenvalue weighted by atomic mass is 9.85. The molecule has 1 aliphatic rings. The van der Waals surface area contributed by atoms with Crippen molar-refractivity contribution in [2.45, 2.75) is 39.2 Å². The van der Waals surface area contributed by atoms with E-state index in [0.29, 0.717) is 6.61 Å². The van der Waals surface area contributed by atoms with Crippen LogP contribution in [0, 0.1) is 5.92 Å². The number of rotatable bonds is 8. The van der Waals surface area contributed by atoms with Gasteiger partial charge in [-0.1, -0.05) is 31.5 Å². The summed E-state index contributed by atoms with van der Waals surface area (Å²) in [4.78, 5) is 2.48. The van der Waals surface area contributed by atoms with Crippen LogP contribution in [-0.2, 0) is 0 Å². The maximum Gasteiger partial charge on any atom is 0.124 e. The number of hydrogen-bond acceptors (Lipinski definition) is 3. The van der Waals surface area contributed by atoms with E-state index in [-0.39, 0.29) is 6.04 Å². The van der Waals surface area contributed by atoms with Gasteiger partial charge in [-0.15, -0.1) is 0 Å². The van der Waals surface area contributed by atoms with Gasteiger partial charge in [0.25, 0.3) is 0 Å². The number of benzene rings is 1.